The number of carboxylic acid groups (broad SMARTS) is 1. The first-order valence-corrected chi connectivity index (χ1v) is 6.50. The third-order valence-corrected chi connectivity index (χ3v) is 2.60. The lowest BCUT2D eigenvalue weighted by Gasteiger charge is -2.20. The summed E-state index contributed by atoms with van der Waals surface area (Å²) in [5.41, 5.74) is 0.774. The highest BCUT2D eigenvalue weighted by Crippen LogP contribution is 2.20. The number of benzene rings is 1. The van der Waals surface area contributed by atoms with Gasteiger partial charge in [0.25, 0.3) is 0 Å². The normalized spacial score (nSPS) is 12.6. The summed E-state index contributed by atoms with van der Waals surface area (Å²) in [4.78, 5) is 22.7. The number of rotatable bonds is 4. The fourth-order valence-electron chi connectivity index (χ4n) is 1.65. The molecule has 110 valence electrons. The SMILES string of the molecule is CC(Cc1ccccc1NC(=O)OC(C)(C)C)C(=O)O. The molecule has 0 saturated carbocycles. The van der Waals surface area contributed by atoms with E-state index in [2.05, 4.69) is 5.32 Å². The van der Waals surface area contributed by atoms with E-state index < -0.39 is 23.6 Å². The Morgan fingerprint density at radius 3 is 2.45 bits per heavy atom. The zero-order chi connectivity index (χ0) is 15.3. The number of hydrogen-bond acceptors (Lipinski definition) is 3. The molecule has 5 heteroatoms. The lowest BCUT2D eigenvalue weighted by Crippen LogP contribution is -2.27. The summed E-state index contributed by atoms with van der Waals surface area (Å²) in [6.07, 6.45) is -0.200. The van der Waals surface area contributed by atoms with Crippen LogP contribution in [0, 0.1) is 5.92 Å². The molecule has 20 heavy (non-hydrogen) atoms. The van der Waals surface area contributed by atoms with Crippen LogP contribution >= 0.6 is 0 Å². The fraction of sp³-hybridized carbons (Fsp3) is 0.467. The van der Waals surface area contributed by atoms with Crippen molar-refractivity contribution in [1.29, 1.82) is 0 Å². The van der Waals surface area contributed by atoms with Gasteiger partial charge in [-0.25, -0.2) is 4.79 Å². The molecular formula is C15H21NO4. The van der Waals surface area contributed by atoms with Crippen LogP contribution in [-0.4, -0.2) is 22.8 Å². The van der Waals surface area contributed by atoms with Gasteiger partial charge in [0.1, 0.15) is 5.60 Å². The Kier molecular flexibility index (Phi) is 5.13. The number of anilines is 1. The van der Waals surface area contributed by atoms with Crippen LogP contribution in [0.1, 0.15) is 33.3 Å². The number of carbonyl (C=O) groups is 2. The maximum absolute atomic E-state index is 11.8. The van der Waals surface area contributed by atoms with Crippen LogP contribution in [0.3, 0.4) is 0 Å². The standard InChI is InChI=1S/C15H21NO4/c1-10(13(17)18)9-11-7-5-6-8-12(11)16-14(19)20-15(2,3)4/h5-8,10H,9H2,1-4H3,(H,16,19)(H,17,18). The van der Waals surface area contributed by atoms with Crippen LogP contribution in [-0.2, 0) is 16.0 Å². The van der Waals surface area contributed by atoms with Gasteiger partial charge in [-0.1, -0.05) is 25.1 Å². The van der Waals surface area contributed by atoms with Crippen LogP contribution < -0.4 is 5.32 Å². The summed E-state index contributed by atoms with van der Waals surface area (Å²) >= 11 is 0. The smallest absolute Gasteiger partial charge is 0.412 e. The van der Waals surface area contributed by atoms with Crippen molar-refractivity contribution in [2.24, 2.45) is 5.92 Å². The summed E-state index contributed by atoms with van der Waals surface area (Å²) in [5.74, 6) is -1.38. The highest BCUT2D eigenvalue weighted by atomic mass is 16.6. The topological polar surface area (TPSA) is 75.6 Å². The Bertz CT molecular complexity index is 491. The highest BCUT2D eigenvalue weighted by Gasteiger charge is 2.18. The largest absolute Gasteiger partial charge is 0.481 e. The molecule has 1 aromatic rings. The first-order chi connectivity index (χ1) is 9.19. The monoisotopic (exact) mass is 279 g/mol. The summed E-state index contributed by atoms with van der Waals surface area (Å²) in [6.45, 7) is 6.98. The van der Waals surface area contributed by atoms with E-state index in [0.29, 0.717) is 12.1 Å². The zero-order valence-corrected chi connectivity index (χ0v) is 12.3. The van der Waals surface area contributed by atoms with Gasteiger partial charge in [0.05, 0.1) is 5.92 Å². The number of nitrogens with one attached hydrogen (secondary N) is 1. The summed E-state index contributed by atoms with van der Waals surface area (Å²) in [6, 6.07) is 7.12. The lowest BCUT2D eigenvalue weighted by atomic mass is 10.00. The Morgan fingerprint density at radius 2 is 1.90 bits per heavy atom. The second-order valence-electron chi connectivity index (χ2n) is 5.73. The molecule has 0 saturated heterocycles. The average Bonchev–Trinajstić information content (AvgIpc) is 2.28. The summed E-state index contributed by atoms with van der Waals surface area (Å²) < 4.78 is 5.18. The quantitative estimate of drug-likeness (QED) is 0.886. The van der Waals surface area contributed by atoms with Gasteiger partial charge in [0.2, 0.25) is 0 Å². The van der Waals surface area contributed by atoms with E-state index in [1.807, 2.05) is 6.07 Å². The molecule has 0 aliphatic rings. The van der Waals surface area contributed by atoms with Gasteiger partial charge in [0, 0.05) is 5.69 Å². The maximum Gasteiger partial charge on any atom is 0.412 e. The van der Waals surface area contributed by atoms with E-state index in [9.17, 15) is 9.59 Å². The number of ether oxygens (including phenoxy) is 1. The highest BCUT2D eigenvalue weighted by molar-refractivity contribution is 5.86. The van der Waals surface area contributed by atoms with Crippen molar-refractivity contribution in [3.63, 3.8) is 0 Å². The second kappa shape index (κ2) is 6.41. The van der Waals surface area contributed by atoms with Gasteiger partial charge in [-0.3, -0.25) is 10.1 Å². The molecule has 1 atom stereocenters. The maximum atomic E-state index is 11.8. The van der Waals surface area contributed by atoms with Gasteiger partial charge in [-0.2, -0.15) is 0 Å². The van der Waals surface area contributed by atoms with Gasteiger partial charge < -0.3 is 9.84 Å². The van der Waals surface area contributed by atoms with Crippen LogP contribution in [0.2, 0.25) is 0 Å². The third-order valence-electron chi connectivity index (χ3n) is 2.60. The van der Waals surface area contributed by atoms with Crippen molar-refractivity contribution >= 4 is 17.7 Å². The molecule has 0 heterocycles. The van der Waals surface area contributed by atoms with Gasteiger partial charge >= 0.3 is 12.1 Å². The van der Waals surface area contributed by atoms with E-state index in [0.717, 1.165) is 5.56 Å². The molecule has 0 aliphatic carbocycles. The second-order valence-corrected chi connectivity index (χ2v) is 5.73. The Hall–Kier alpha value is -2.04. The molecule has 0 bridgehead atoms. The molecule has 0 fully saturated rings. The van der Waals surface area contributed by atoms with Gasteiger partial charge in [0.15, 0.2) is 0 Å². The van der Waals surface area contributed by atoms with Crippen molar-refractivity contribution in [2.75, 3.05) is 5.32 Å². The Morgan fingerprint density at radius 1 is 1.30 bits per heavy atom. The van der Waals surface area contributed by atoms with E-state index in [4.69, 9.17) is 9.84 Å². The van der Waals surface area contributed by atoms with E-state index in [-0.39, 0.29) is 0 Å². The van der Waals surface area contributed by atoms with Crippen molar-refractivity contribution in [1.82, 2.24) is 0 Å². The van der Waals surface area contributed by atoms with Gasteiger partial charge in [-0.15, -0.1) is 0 Å². The van der Waals surface area contributed by atoms with Crippen LogP contribution in [0.15, 0.2) is 24.3 Å². The molecular weight excluding hydrogens is 258 g/mol. The molecule has 0 radical (unpaired) electrons. The minimum atomic E-state index is -0.864. The Labute approximate surface area is 118 Å². The van der Waals surface area contributed by atoms with Crippen molar-refractivity contribution in [2.45, 2.75) is 39.7 Å². The zero-order valence-electron chi connectivity index (χ0n) is 12.3. The van der Waals surface area contributed by atoms with Crippen molar-refractivity contribution in [3.8, 4) is 0 Å². The number of carbonyl (C=O) groups excluding carboxylic acids is 1. The summed E-state index contributed by atoms with van der Waals surface area (Å²) in [5, 5.41) is 11.6. The van der Waals surface area contributed by atoms with Crippen molar-refractivity contribution < 1.29 is 19.4 Å². The first kappa shape index (κ1) is 16.0. The van der Waals surface area contributed by atoms with Crippen LogP contribution in [0.5, 0.6) is 0 Å². The molecule has 5 nitrogen and oxygen atoms in total. The fourth-order valence-corrected chi connectivity index (χ4v) is 1.65. The Balaban J connectivity index is 2.80. The molecule has 1 unspecified atom stereocenters. The number of para-hydroxylation sites is 1. The molecule has 0 aromatic heterocycles. The average molecular weight is 279 g/mol. The van der Waals surface area contributed by atoms with E-state index in [1.165, 1.54) is 0 Å². The molecule has 0 aliphatic heterocycles. The van der Waals surface area contributed by atoms with Crippen LogP contribution in [0.25, 0.3) is 0 Å². The van der Waals surface area contributed by atoms with E-state index in [1.54, 1.807) is 45.9 Å². The molecule has 1 aromatic carbocycles. The molecule has 1 rings (SSSR count). The third kappa shape index (κ3) is 5.30. The molecule has 2 N–H and O–H groups in total. The minimum absolute atomic E-state index is 0.349. The molecule has 1 amide bonds. The summed E-state index contributed by atoms with van der Waals surface area (Å²) in [7, 11) is 0. The molecule has 0 spiro atoms. The lowest BCUT2D eigenvalue weighted by molar-refractivity contribution is -0.141. The van der Waals surface area contributed by atoms with Crippen molar-refractivity contribution in [3.05, 3.63) is 29.8 Å². The van der Waals surface area contributed by atoms with E-state index >= 15 is 0 Å². The van der Waals surface area contributed by atoms with Gasteiger partial charge in [-0.05, 0) is 38.8 Å². The predicted molar refractivity (Wildman–Crippen MR) is 76.8 cm³/mol. The predicted octanol–water partition coefficient (Wildman–Crippen LogP) is 3.30. The van der Waals surface area contributed by atoms with Crippen LogP contribution in [0.4, 0.5) is 10.5 Å². The number of carboxylic acids is 1. The first-order valence-electron chi connectivity index (χ1n) is 6.50. The minimum Gasteiger partial charge on any atom is -0.481 e. The number of aliphatic carboxylic acids is 1. The number of hydrogen-bond donors (Lipinski definition) is 2. The number of amides is 1.